The van der Waals surface area contributed by atoms with Crippen molar-refractivity contribution in [3.63, 3.8) is 0 Å². The summed E-state index contributed by atoms with van der Waals surface area (Å²) in [6, 6.07) is 2.81. The van der Waals surface area contributed by atoms with Gasteiger partial charge < -0.3 is 19.1 Å². The first-order valence-corrected chi connectivity index (χ1v) is 10.2. The zero-order valence-electron chi connectivity index (χ0n) is 16.8. The maximum atomic E-state index is 14.4. The Morgan fingerprint density at radius 3 is 2.65 bits per heavy atom. The molecule has 1 saturated heterocycles. The van der Waals surface area contributed by atoms with Crippen molar-refractivity contribution in [2.75, 3.05) is 38.2 Å². The maximum absolute atomic E-state index is 14.4. The number of halogens is 3. The van der Waals surface area contributed by atoms with Gasteiger partial charge in [-0.3, -0.25) is 9.48 Å². The SMILES string of the molecule is COc1cc(N2CCN(C(=O)Cn3nc(-c4ncon4)c(Cl)c3C)CC2)c(F)cc1Cl. The Morgan fingerprint density at radius 1 is 1.26 bits per heavy atom. The van der Waals surface area contributed by atoms with Crippen LogP contribution in [0.3, 0.4) is 0 Å². The molecular formula is C19H19Cl2FN6O3. The van der Waals surface area contributed by atoms with Crippen LogP contribution in [0.25, 0.3) is 11.5 Å². The smallest absolute Gasteiger partial charge is 0.244 e. The molecule has 0 spiro atoms. The number of piperazine rings is 1. The van der Waals surface area contributed by atoms with Crippen LogP contribution in [0.2, 0.25) is 10.0 Å². The highest BCUT2D eigenvalue weighted by Crippen LogP contribution is 2.33. The van der Waals surface area contributed by atoms with Crippen molar-refractivity contribution in [3.05, 3.63) is 40.1 Å². The van der Waals surface area contributed by atoms with E-state index in [1.807, 2.05) is 4.90 Å². The summed E-state index contributed by atoms with van der Waals surface area (Å²) in [6.07, 6.45) is 1.18. The number of amides is 1. The van der Waals surface area contributed by atoms with Gasteiger partial charge in [-0.1, -0.05) is 28.4 Å². The van der Waals surface area contributed by atoms with Gasteiger partial charge in [-0.2, -0.15) is 10.1 Å². The fourth-order valence-corrected chi connectivity index (χ4v) is 3.89. The van der Waals surface area contributed by atoms with E-state index in [2.05, 4.69) is 15.2 Å². The number of rotatable bonds is 5. The van der Waals surface area contributed by atoms with Crippen molar-refractivity contribution in [3.8, 4) is 17.3 Å². The molecule has 1 aromatic carbocycles. The summed E-state index contributed by atoms with van der Waals surface area (Å²) in [4.78, 5) is 20.3. The molecule has 0 radical (unpaired) electrons. The number of methoxy groups -OCH3 is 1. The van der Waals surface area contributed by atoms with E-state index in [0.29, 0.717) is 54.0 Å². The first-order chi connectivity index (χ1) is 14.9. The summed E-state index contributed by atoms with van der Waals surface area (Å²) >= 11 is 12.3. The van der Waals surface area contributed by atoms with Crippen LogP contribution in [0.5, 0.6) is 5.75 Å². The molecule has 4 rings (SSSR count). The minimum absolute atomic E-state index is 0.0204. The van der Waals surface area contributed by atoms with E-state index in [1.165, 1.54) is 24.3 Å². The van der Waals surface area contributed by atoms with Crippen LogP contribution >= 0.6 is 23.2 Å². The predicted octanol–water partition coefficient (Wildman–Crippen LogP) is 3.04. The average Bonchev–Trinajstić information content (AvgIpc) is 3.38. The molecule has 3 heterocycles. The maximum Gasteiger partial charge on any atom is 0.244 e. The number of nitrogens with zero attached hydrogens (tertiary/aromatic N) is 6. The zero-order chi connectivity index (χ0) is 22.1. The number of anilines is 1. The van der Waals surface area contributed by atoms with Gasteiger partial charge in [-0.25, -0.2) is 4.39 Å². The summed E-state index contributed by atoms with van der Waals surface area (Å²) < 4.78 is 25.8. The van der Waals surface area contributed by atoms with Crippen LogP contribution in [-0.2, 0) is 11.3 Å². The molecule has 9 nitrogen and oxygen atoms in total. The molecular weight excluding hydrogens is 450 g/mol. The van der Waals surface area contributed by atoms with E-state index in [0.717, 1.165) is 0 Å². The van der Waals surface area contributed by atoms with Gasteiger partial charge in [-0.15, -0.1) is 0 Å². The Morgan fingerprint density at radius 2 is 2.00 bits per heavy atom. The zero-order valence-corrected chi connectivity index (χ0v) is 18.3. The molecule has 1 fully saturated rings. The van der Waals surface area contributed by atoms with Crippen LogP contribution < -0.4 is 9.64 Å². The lowest BCUT2D eigenvalue weighted by Crippen LogP contribution is -2.50. The van der Waals surface area contributed by atoms with Crippen LogP contribution in [0.1, 0.15) is 5.69 Å². The average molecular weight is 469 g/mol. The molecule has 0 N–H and O–H groups in total. The monoisotopic (exact) mass is 468 g/mol. The molecule has 1 aliphatic rings. The van der Waals surface area contributed by atoms with Crippen molar-refractivity contribution >= 4 is 34.8 Å². The third-order valence-electron chi connectivity index (χ3n) is 5.19. The summed E-state index contributed by atoms with van der Waals surface area (Å²) in [7, 11) is 1.48. The number of hydrogen-bond donors (Lipinski definition) is 0. The van der Waals surface area contributed by atoms with E-state index in [9.17, 15) is 9.18 Å². The van der Waals surface area contributed by atoms with Crippen molar-refractivity contribution in [1.29, 1.82) is 0 Å². The predicted molar refractivity (Wildman–Crippen MR) is 112 cm³/mol. The topological polar surface area (TPSA) is 89.5 Å². The van der Waals surface area contributed by atoms with Gasteiger partial charge in [0.2, 0.25) is 18.1 Å². The number of benzene rings is 1. The van der Waals surface area contributed by atoms with Gasteiger partial charge in [-0.05, 0) is 13.0 Å². The highest BCUT2D eigenvalue weighted by Gasteiger charge is 2.26. The fourth-order valence-electron chi connectivity index (χ4n) is 3.44. The van der Waals surface area contributed by atoms with Gasteiger partial charge in [0.15, 0.2) is 5.69 Å². The van der Waals surface area contributed by atoms with Crippen molar-refractivity contribution in [2.24, 2.45) is 0 Å². The van der Waals surface area contributed by atoms with E-state index in [-0.39, 0.29) is 23.3 Å². The molecule has 0 unspecified atom stereocenters. The number of carbonyl (C=O) groups excluding carboxylic acids is 1. The second kappa shape index (κ2) is 8.72. The van der Waals surface area contributed by atoms with E-state index in [1.54, 1.807) is 17.9 Å². The lowest BCUT2D eigenvalue weighted by molar-refractivity contribution is -0.132. The van der Waals surface area contributed by atoms with Crippen LogP contribution in [0.4, 0.5) is 10.1 Å². The fraction of sp³-hybridized carbons (Fsp3) is 0.368. The van der Waals surface area contributed by atoms with Gasteiger partial charge in [0.05, 0.1) is 28.5 Å². The third kappa shape index (κ3) is 4.17. The first-order valence-electron chi connectivity index (χ1n) is 9.44. The van der Waals surface area contributed by atoms with E-state index in [4.69, 9.17) is 32.5 Å². The number of carbonyl (C=O) groups is 1. The van der Waals surface area contributed by atoms with Crippen LogP contribution in [0, 0.1) is 12.7 Å². The van der Waals surface area contributed by atoms with Gasteiger partial charge in [0, 0.05) is 32.2 Å². The number of aromatic nitrogens is 4. The highest BCUT2D eigenvalue weighted by atomic mass is 35.5. The molecule has 0 atom stereocenters. The molecule has 1 amide bonds. The summed E-state index contributed by atoms with van der Waals surface area (Å²) in [5.41, 5.74) is 1.38. The lowest BCUT2D eigenvalue weighted by atomic mass is 10.2. The van der Waals surface area contributed by atoms with Crippen molar-refractivity contribution < 1.29 is 18.4 Å². The Bertz CT molecular complexity index is 1100. The van der Waals surface area contributed by atoms with Crippen LogP contribution in [0.15, 0.2) is 23.0 Å². The number of hydrogen-bond acceptors (Lipinski definition) is 7. The summed E-state index contributed by atoms with van der Waals surface area (Å²) in [6.45, 7) is 3.61. The lowest BCUT2D eigenvalue weighted by Gasteiger charge is -2.36. The Kier molecular flexibility index (Phi) is 6.01. The largest absolute Gasteiger partial charge is 0.495 e. The molecule has 0 saturated carbocycles. The standard InChI is InChI=1S/C19H19Cl2FN6O3/c1-11-17(21)18(19-23-10-31-25-19)24-28(11)9-16(29)27-5-3-26(4-6-27)14-8-15(30-2)12(20)7-13(14)22/h7-8,10H,3-6,9H2,1-2H3. The van der Waals surface area contributed by atoms with Gasteiger partial charge in [0.25, 0.3) is 0 Å². The minimum atomic E-state index is -0.429. The highest BCUT2D eigenvalue weighted by molar-refractivity contribution is 6.33. The minimum Gasteiger partial charge on any atom is -0.495 e. The van der Waals surface area contributed by atoms with E-state index < -0.39 is 5.82 Å². The third-order valence-corrected chi connectivity index (χ3v) is 5.93. The molecule has 1 aliphatic heterocycles. The summed E-state index contributed by atoms with van der Waals surface area (Å²) in [5.74, 6) is 0.116. The van der Waals surface area contributed by atoms with Crippen molar-refractivity contribution in [1.82, 2.24) is 24.8 Å². The second-order valence-electron chi connectivity index (χ2n) is 6.97. The van der Waals surface area contributed by atoms with Gasteiger partial charge in [0.1, 0.15) is 18.1 Å². The molecule has 164 valence electrons. The van der Waals surface area contributed by atoms with Crippen LogP contribution in [-0.4, -0.2) is 64.0 Å². The molecule has 3 aromatic rings. The van der Waals surface area contributed by atoms with Gasteiger partial charge >= 0.3 is 0 Å². The Balaban J connectivity index is 1.42. The first kappa shape index (κ1) is 21.4. The molecule has 2 aromatic heterocycles. The Labute approximate surface area is 187 Å². The van der Waals surface area contributed by atoms with Crippen molar-refractivity contribution in [2.45, 2.75) is 13.5 Å². The molecule has 0 aliphatic carbocycles. The quantitative estimate of drug-likeness (QED) is 0.568. The molecule has 0 bridgehead atoms. The second-order valence-corrected chi connectivity index (χ2v) is 7.75. The Hall–Kier alpha value is -2.85. The van der Waals surface area contributed by atoms with E-state index >= 15 is 0 Å². The summed E-state index contributed by atoms with van der Waals surface area (Å²) in [5, 5.41) is 8.67. The normalized spacial score (nSPS) is 14.2. The molecule has 12 heteroatoms. The number of ether oxygens (including phenoxy) is 1. The molecule has 31 heavy (non-hydrogen) atoms.